The minimum absolute atomic E-state index is 0.0446. The van der Waals surface area contributed by atoms with Crippen LogP contribution in [0.5, 0.6) is 5.75 Å². The predicted octanol–water partition coefficient (Wildman–Crippen LogP) is 4.57. The highest BCUT2D eigenvalue weighted by Gasteiger charge is 2.31. The second-order valence-electron chi connectivity index (χ2n) is 7.27. The van der Waals surface area contributed by atoms with E-state index in [2.05, 4.69) is 11.8 Å². The van der Waals surface area contributed by atoms with Crippen LogP contribution in [0.4, 0.5) is 4.39 Å². The minimum atomic E-state index is -0.226. The van der Waals surface area contributed by atoms with Crippen molar-refractivity contribution in [3.63, 3.8) is 0 Å². The van der Waals surface area contributed by atoms with E-state index in [1.165, 1.54) is 44.8 Å². The van der Waals surface area contributed by atoms with Crippen molar-refractivity contribution >= 4 is 0 Å². The van der Waals surface area contributed by atoms with Crippen molar-refractivity contribution in [3.8, 4) is 5.75 Å². The molecule has 2 saturated heterocycles. The van der Waals surface area contributed by atoms with E-state index >= 15 is 0 Å². The summed E-state index contributed by atoms with van der Waals surface area (Å²) in [5, 5.41) is 0. The molecule has 0 saturated carbocycles. The minimum Gasteiger partial charge on any atom is -0.496 e. The molecule has 0 spiro atoms. The Morgan fingerprint density at radius 1 is 1.29 bits per heavy atom. The molecule has 0 amide bonds. The Labute approximate surface area is 145 Å². The number of benzene rings is 1. The first kappa shape index (κ1) is 17.7. The Morgan fingerprint density at radius 2 is 2.17 bits per heavy atom. The molecule has 2 heterocycles. The Balaban J connectivity index is 1.57. The fraction of sp³-hybridized carbons (Fsp3) is 0.700. The summed E-state index contributed by atoms with van der Waals surface area (Å²) in [7, 11) is 1.63. The maximum atomic E-state index is 13.6. The molecule has 1 aromatic carbocycles. The average Bonchev–Trinajstić information content (AvgIpc) is 3.04. The lowest BCUT2D eigenvalue weighted by molar-refractivity contribution is 0.0122. The van der Waals surface area contributed by atoms with Crippen molar-refractivity contribution in [1.29, 1.82) is 0 Å². The molecule has 134 valence electrons. The zero-order valence-electron chi connectivity index (χ0n) is 15.0. The van der Waals surface area contributed by atoms with Crippen molar-refractivity contribution in [1.82, 2.24) is 4.90 Å². The lowest BCUT2D eigenvalue weighted by atomic mass is 9.93. The molecule has 1 unspecified atom stereocenters. The highest BCUT2D eigenvalue weighted by molar-refractivity contribution is 5.36. The molecule has 0 N–H and O–H groups in total. The molecule has 2 aliphatic heterocycles. The van der Waals surface area contributed by atoms with Crippen LogP contribution in [0.3, 0.4) is 0 Å². The zero-order valence-corrected chi connectivity index (χ0v) is 15.0. The van der Waals surface area contributed by atoms with Crippen LogP contribution in [0.15, 0.2) is 18.2 Å². The summed E-state index contributed by atoms with van der Waals surface area (Å²) in [6.07, 6.45) is 7.48. The van der Waals surface area contributed by atoms with Crippen LogP contribution in [-0.4, -0.2) is 37.7 Å². The first-order valence-electron chi connectivity index (χ1n) is 9.40. The molecule has 2 fully saturated rings. The SMILES string of the molecule is CCCC1CCCN(C[C@@H]2CC[C@@H](c3cc(F)ccc3OC)O2)C1. The number of rotatable bonds is 6. The van der Waals surface area contributed by atoms with Crippen molar-refractivity contribution in [2.24, 2.45) is 5.92 Å². The van der Waals surface area contributed by atoms with Crippen LogP contribution in [0.2, 0.25) is 0 Å². The van der Waals surface area contributed by atoms with E-state index in [1.807, 2.05) is 0 Å². The standard InChI is InChI=1S/C20H30FNO2/c1-3-5-15-6-4-11-22(13-15)14-17-8-10-20(24-17)18-12-16(21)7-9-19(18)23-2/h7,9,12,15,17,20H,3-6,8,10-11,13-14H2,1-2H3/t15?,17-,20-/m0/s1. The fourth-order valence-corrected chi connectivity index (χ4v) is 4.27. The van der Waals surface area contributed by atoms with E-state index in [1.54, 1.807) is 19.2 Å². The second kappa shape index (κ2) is 8.30. The van der Waals surface area contributed by atoms with Gasteiger partial charge in [-0.25, -0.2) is 4.39 Å². The monoisotopic (exact) mass is 335 g/mol. The van der Waals surface area contributed by atoms with E-state index in [0.717, 1.165) is 36.6 Å². The Morgan fingerprint density at radius 3 is 2.96 bits per heavy atom. The Hall–Kier alpha value is -1.13. The highest BCUT2D eigenvalue weighted by atomic mass is 19.1. The maximum Gasteiger partial charge on any atom is 0.124 e. The van der Waals surface area contributed by atoms with E-state index < -0.39 is 0 Å². The van der Waals surface area contributed by atoms with Crippen LogP contribution in [0.1, 0.15) is 57.1 Å². The molecule has 0 bridgehead atoms. The molecule has 1 aromatic rings. The van der Waals surface area contributed by atoms with Gasteiger partial charge in [0.25, 0.3) is 0 Å². The first-order valence-corrected chi connectivity index (χ1v) is 9.40. The van der Waals surface area contributed by atoms with Gasteiger partial charge in [-0.2, -0.15) is 0 Å². The van der Waals surface area contributed by atoms with Crippen LogP contribution in [-0.2, 0) is 4.74 Å². The van der Waals surface area contributed by atoms with Gasteiger partial charge < -0.3 is 14.4 Å². The van der Waals surface area contributed by atoms with Crippen molar-refractivity contribution in [3.05, 3.63) is 29.6 Å². The Bertz CT molecular complexity index is 534. The highest BCUT2D eigenvalue weighted by Crippen LogP contribution is 2.38. The molecule has 3 atom stereocenters. The smallest absolute Gasteiger partial charge is 0.124 e. The van der Waals surface area contributed by atoms with Gasteiger partial charge in [-0.05, 0) is 62.8 Å². The average molecular weight is 335 g/mol. The van der Waals surface area contributed by atoms with Gasteiger partial charge in [0.1, 0.15) is 11.6 Å². The summed E-state index contributed by atoms with van der Waals surface area (Å²) in [4.78, 5) is 2.57. The van der Waals surface area contributed by atoms with Gasteiger partial charge in [-0.15, -0.1) is 0 Å². The quantitative estimate of drug-likeness (QED) is 0.760. The normalized spacial score (nSPS) is 28.2. The largest absolute Gasteiger partial charge is 0.496 e. The molecule has 4 heteroatoms. The third-order valence-corrected chi connectivity index (χ3v) is 5.41. The van der Waals surface area contributed by atoms with Crippen LogP contribution in [0.25, 0.3) is 0 Å². The van der Waals surface area contributed by atoms with E-state index in [4.69, 9.17) is 9.47 Å². The summed E-state index contributed by atoms with van der Waals surface area (Å²) >= 11 is 0. The molecule has 0 aromatic heterocycles. The lowest BCUT2D eigenvalue weighted by Crippen LogP contribution is -2.40. The summed E-state index contributed by atoms with van der Waals surface area (Å²) in [6.45, 7) is 5.68. The summed E-state index contributed by atoms with van der Waals surface area (Å²) in [5.41, 5.74) is 0.850. The van der Waals surface area contributed by atoms with Crippen molar-refractivity contribution in [2.45, 2.75) is 57.7 Å². The third-order valence-electron chi connectivity index (χ3n) is 5.41. The Kier molecular flexibility index (Phi) is 6.12. The van der Waals surface area contributed by atoms with Crippen LogP contribution < -0.4 is 4.74 Å². The second-order valence-corrected chi connectivity index (χ2v) is 7.27. The maximum absolute atomic E-state index is 13.6. The molecule has 0 radical (unpaired) electrons. The molecule has 0 aliphatic carbocycles. The number of likely N-dealkylation sites (tertiary alicyclic amines) is 1. The number of hydrogen-bond acceptors (Lipinski definition) is 3. The molecule has 3 nitrogen and oxygen atoms in total. The fourth-order valence-electron chi connectivity index (χ4n) is 4.27. The van der Waals surface area contributed by atoms with Gasteiger partial charge in [0.05, 0.1) is 19.3 Å². The summed E-state index contributed by atoms with van der Waals surface area (Å²) < 4.78 is 25.2. The first-order chi connectivity index (χ1) is 11.7. The van der Waals surface area contributed by atoms with E-state index in [9.17, 15) is 4.39 Å². The van der Waals surface area contributed by atoms with Crippen LogP contribution >= 0.6 is 0 Å². The van der Waals surface area contributed by atoms with Crippen molar-refractivity contribution in [2.75, 3.05) is 26.7 Å². The molecular formula is C20H30FNO2. The molecule has 24 heavy (non-hydrogen) atoms. The molecule has 2 aliphatic rings. The van der Waals surface area contributed by atoms with Gasteiger partial charge in [0.15, 0.2) is 0 Å². The van der Waals surface area contributed by atoms with E-state index in [-0.39, 0.29) is 18.0 Å². The number of hydrogen-bond donors (Lipinski definition) is 0. The van der Waals surface area contributed by atoms with E-state index in [0.29, 0.717) is 0 Å². The van der Waals surface area contributed by atoms with Crippen LogP contribution in [0, 0.1) is 11.7 Å². The van der Waals surface area contributed by atoms with Gasteiger partial charge >= 0.3 is 0 Å². The van der Waals surface area contributed by atoms with Gasteiger partial charge in [0, 0.05) is 18.7 Å². The molecular weight excluding hydrogens is 305 g/mol. The van der Waals surface area contributed by atoms with Gasteiger partial charge in [0.2, 0.25) is 0 Å². The number of methoxy groups -OCH3 is 1. The van der Waals surface area contributed by atoms with Gasteiger partial charge in [-0.1, -0.05) is 13.3 Å². The van der Waals surface area contributed by atoms with Gasteiger partial charge in [-0.3, -0.25) is 0 Å². The number of ether oxygens (including phenoxy) is 2. The predicted molar refractivity (Wildman–Crippen MR) is 93.9 cm³/mol. The number of piperidine rings is 1. The lowest BCUT2D eigenvalue weighted by Gasteiger charge is -2.34. The van der Waals surface area contributed by atoms with Crippen molar-refractivity contribution < 1.29 is 13.9 Å². The number of nitrogens with zero attached hydrogens (tertiary/aromatic N) is 1. The topological polar surface area (TPSA) is 21.7 Å². The summed E-state index contributed by atoms with van der Waals surface area (Å²) in [6, 6.07) is 4.70. The summed E-state index contributed by atoms with van der Waals surface area (Å²) in [5.74, 6) is 1.35. The third kappa shape index (κ3) is 4.28. The zero-order chi connectivity index (χ0) is 16.9. The number of halogens is 1. The molecule has 3 rings (SSSR count).